The molecule has 1 aromatic carbocycles. The molecule has 0 spiro atoms. The van der Waals surface area contributed by atoms with Crippen molar-refractivity contribution in [3.05, 3.63) is 78.0 Å². The number of rotatable bonds is 9. The van der Waals surface area contributed by atoms with Gasteiger partial charge in [-0.2, -0.15) is 0 Å². The Bertz CT molecular complexity index is 1440. The van der Waals surface area contributed by atoms with Crippen LogP contribution in [0.1, 0.15) is 17.3 Å². The van der Waals surface area contributed by atoms with E-state index in [2.05, 4.69) is 20.0 Å². The third kappa shape index (κ3) is 5.68. The first kappa shape index (κ1) is 24.4. The van der Waals surface area contributed by atoms with Gasteiger partial charge in [-0.15, -0.1) is 16.4 Å². The molecule has 182 valence electrons. The molecule has 1 atom stereocenters. The van der Waals surface area contributed by atoms with Gasteiger partial charge in [0.2, 0.25) is 10.0 Å². The highest BCUT2D eigenvalue weighted by atomic mass is 32.2. The van der Waals surface area contributed by atoms with Gasteiger partial charge in [-0.05, 0) is 42.0 Å². The molecular weight excluding hydrogens is 499 g/mol. The quantitative estimate of drug-likeness (QED) is 0.193. The summed E-state index contributed by atoms with van der Waals surface area (Å²) in [6.07, 6.45) is 2.88. The van der Waals surface area contributed by atoms with Crippen molar-refractivity contribution in [1.82, 2.24) is 30.2 Å². The van der Waals surface area contributed by atoms with E-state index in [-0.39, 0.29) is 22.9 Å². The Balaban J connectivity index is 1.46. The summed E-state index contributed by atoms with van der Waals surface area (Å²) in [6, 6.07) is 11.0. The second-order valence-electron chi connectivity index (χ2n) is 7.33. The predicted octanol–water partition coefficient (Wildman–Crippen LogP) is 2.01. The number of halogens is 1. The Kier molecular flexibility index (Phi) is 7.16. The summed E-state index contributed by atoms with van der Waals surface area (Å²) < 4.78 is 42.8. The summed E-state index contributed by atoms with van der Waals surface area (Å²) in [5.41, 5.74) is 2.75. The van der Waals surface area contributed by atoms with Crippen LogP contribution in [0.5, 0.6) is 5.75 Å². The lowest BCUT2D eigenvalue weighted by molar-refractivity contribution is -0.133. The van der Waals surface area contributed by atoms with Crippen LogP contribution < -0.4 is 10.2 Å². The number of nitrogens with one attached hydrogen (secondary N) is 2. The number of carbonyl (C=O) groups excluding carboxylic acids is 1. The molecular formula is C21H19FN6O5S2. The molecule has 35 heavy (non-hydrogen) atoms. The Morgan fingerprint density at radius 2 is 2.03 bits per heavy atom. The monoisotopic (exact) mass is 518 g/mol. The van der Waals surface area contributed by atoms with Gasteiger partial charge in [-0.25, -0.2) is 27.7 Å². The zero-order valence-electron chi connectivity index (χ0n) is 17.9. The molecule has 0 bridgehead atoms. The smallest absolute Gasteiger partial charge is 0.268 e. The van der Waals surface area contributed by atoms with E-state index in [1.807, 2.05) is 0 Å². The first-order chi connectivity index (χ1) is 16.8. The molecule has 3 heterocycles. The summed E-state index contributed by atoms with van der Waals surface area (Å²) in [7, 11) is -3.86. The second kappa shape index (κ2) is 10.3. The normalized spacial score (nSPS) is 12.4. The average molecular weight is 519 g/mol. The lowest BCUT2D eigenvalue weighted by atomic mass is 10.1. The maximum atomic E-state index is 13.7. The van der Waals surface area contributed by atoms with E-state index in [0.29, 0.717) is 16.1 Å². The highest BCUT2D eigenvalue weighted by Gasteiger charge is 2.24. The van der Waals surface area contributed by atoms with Crippen LogP contribution >= 0.6 is 11.3 Å². The van der Waals surface area contributed by atoms with E-state index >= 15 is 0 Å². The molecule has 14 heteroatoms. The van der Waals surface area contributed by atoms with Crippen LogP contribution in [0, 0.1) is 5.82 Å². The number of phenolic OH excluding ortho intramolecular Hbond substituents is 1. The van der Waals surface area contributed by atoms with Crippen molar-refractivity contribution in [2.75, 3.05) is 0 Å². The zero-order valence-corrected chi connectivity index (χ0v) is 19.5. The molecule has 0 unspecified atom stereocenters. The van der Waals surface area contributed by atoms with Crippen molar-refractivity contribution in [2.24, 2.45) is 0 Å². The van der Waals surface area contributed by atoms with E-state index in [9.17, 15) is 22.7 Å². The van der Waals surface area contributed by atoms with E-state index in [0.717, 1.165) is 28.2 Å². The SMILES string of the molecule is O=C(NO)[C@H](Cc1ccc(O)c(F)c1)n1cc(CNS(=O)(=O)c2ccc(-c3ccccn3)s2)nn1. The topological polar surface area (TPSA) is 159 Å². The number of aromatic hydroxyl groups is 1. The Hall–Kier alpha value is -3.72. The number of hydrogen-bond donors (Lipinski definition) is 4. The van der Waals surface area contributed by atoms with Crippen molar-refractivity contribution in [3.8, 4) is 16.3 Å². The number of sulfonamides is 1. The number of thiophene rings is 1. The van der Waals surface area contributed by atoms with Crippen LogP contribution in [0.15, 0.2) is 65.1 Å². The van der Waals surface area contributed by atoms with Crippen LogP contribution in [-0.4, -0.2) is 44.6 Å². The molecule has 3 aromatic heterocycles. The fourth-order valence-corrected chi connectivity index (χ4v) is 5.51. The number of benzene rings is 1. The number of hydroxylamine groups is 1. The maximum absolute atomic E-state index is 13.7. The molecule has 0 aliphatic rings. The van der Waals surface area contributed by atoms with Crippen LogP contribution in [0.3, 0.4) is 0 Å². The van der Waals surface area contributed by atoms with Gasteiger partial charge in [0.05, 0.1) is 29.0 Å². The summed E-state index contributed by atoms with van der Waals surface area (Å²) >= 11 is 1.07. The minimum Gasteiger partial charge on any atom is -0.505 e. The number of phenols is 1. The molecule has 0 radical (unpaired) electrons. The maximum Gasteiger partial charge on any atom is 0.268 e. The molecule has 4 aromatic rings. The summed E-state index contributed by atoms with van der Waals surface area (Å²) in [4.78, 5) is 17.1. The fourth-order valence-electron chi connectivity index (χ4n) is 3.18. The molecule has 0 aliphatic heterocycles. The number of aromatic nitrogens is 4. The average Bonchev–Trinajstić information content (AvgIpc) is 3.54. The number of carbonyl (C=O) groups is 1. The Labute approximate surface area is 202 Å². The van der Waals surface area contributed by atoms with Crippen molar-refractivity contribution >= 4 is 27.3 Å². The minimum absolute atomic E-state index is 0.0797. The fraction of sp³-hybridized carbons (Fsp3) is 0.143. The van der Waals surface area contributed by atoms with Crippen molar-refractivity contribution in [1.29, 1.82) is 0 Å². The third-order valence-electron chi connectivity index (χ3n) is 4.94. The molecule has 0 fully saturated rings. The second-order valence-corrected chi connectivity index (χ2v) is 10.4. The van der Waals surface area contributed by atoms with Crippen LogP contribution in [0.25, 0.3) is 10.6 Å². The summed E-state index contributed by atoms with van der Waals surface area (Å²) in [5.74, 6) is -2.24. The Morgan fingerprint density at radius 1 is 1.20 bits per heavy atom. The molecule has 1 amide bonds. The first-order valence-electron chi connectivity index (χ1n) is 10.1. The highest BCUT2D eigenvalue weighted by Crippen LogP contribution is 2.29. The van der Waals surface area contributed by atoms with Crippen molar-refractivity contribution in [3.63, 3.8) is 0 Å². The van der Waals surface area contributed by atoms with Gasteiger partial charge in [-0.3, -0.25) is 15.0 Å². The highest BCUT2D eigenvalue weighted by molar-refractivity contribution is 7.91. The zero-order chi connectivity index (χ0) is 25.0. The molecule has 0 saturated carbocycles. The standard InChI is InChI=1S/C21H19FN6O5S2/c22-15-9-13(4-5-18(15)29)10-17(21(30)26-31)28-12-14(25-27-28)11-24-35(32,33)20-7-6-19(34-20)16-3-1-2-8-23-16/h1-9,12,17,24,29,31H,10-11H2,(H,26,30)/t17-/m0/s1. The lowest BCUT2D eigenvalue weighted by Crippen LogP contribution is -2.32. The number of amides is 1. The van der Waals surface area contributed by atoms with E-state index in [1.165, 1.54) is 23.8 Å². The van der Waals surface area contributed by atoms with Crippen LogP contribution in [0.2, 0.25) is 0 Å². The van der Waals surface area contributed by atoms with E-state index < -0.39 is 33.5 Å². The van der Waals surface area contributed by atoms with Gasteiger partial charge >= 0.3 is 0 Å². The van der Waals surface area contributed by atoms with Gasteiger partial charge in [0.15, 0.2) is 11.6 Å². The number of pyridine rings is 1. The molecule has 4 rings (SSSR count). The first-order valence-corrected chi connectivity index (χ1v) is 12.4. The van der Waals surface area contributed by atoms with Crippen molar-refractivity contribution < 1.29 is 27.9 Å². The van der Waals surface area contributed by atoms with Gasteiger partial charge in [0.1, 0.15) is 10.3 Å². The van der Waals surface area contributed by atoms with E-state index in [1.54, 1.807) is 30.5 Å². The van der Waals surface area contributed by atoms with Crippen molar-refractivity contribution in [2.45, 2.75) is 23.2 Å². The van der Waals surface area contributed by atoms with Crippen LogP contribution in [-0.2, 0) is 27.8 Å². The molecule has 0 saturated heterocycles. The molecule has 0 aliphatic carbocycles. The molecule has 11 nitrogen and oxygen atoms in total. The molecule has 4 N–H and O–H groups in total. The number of hydrogen-bond acceptors (Lipinski definition) is 9. The lowest BCUT2D eigenvalue weighted by Gasteiger charge is -2.15. The minimum atomic E-state index is -3.86. The van der Waals surface area contributed by atoms with Gasteiger partial charge in [0.25, 0.3) is 5.91 Å². The van der Waals surface area contributed by atoms with Gasteiger partial charge in [0, 0.05) is 12.6 Å². The predicted molar refractivity (Wildman–Crippen MR) is 122 cm³/mol. The van der Waals surface area contributed by atoms with E-state index in [4.69, 9.17) is 5.21 Å². The Morgan fingerprint density at radius 3 is 2.74 bits per heavy atom. The largest absolute Gasteiger partial charge is 0.505 e. The third-order valence-corrected chi connectivity index (χ3v) is 7.94. The number of nitrogens with zero attached hydrogens (tertiary/aromatic N) is 4. The van der Waals surface area contributed by atoms with Gasteiger partial charge < -0.3 is 5.11 Å². The van der Waals surface area contributed by atoms with Crippen LogP contribution in [0.4, 0.5) is 4.39 Å². The summed E-state index contributed by atoms with van der Waals surface area (Å²) in [5, 5.41) is 26.2. The van der Waals surface area contributed by atoms with Gasteiger partial charge in [-0.1, -0.05) is 17.3 Å². The summed E-state index contributed by atoms with van der Waals surface area (Å²) in [6.45, 7) is -0.208.